The van der Waals surface area contributed by atoms with Crippen LogP contribution in [0.4, 0.5) is 0 Å². The Morgan fingerprint density at radius 1 is 0.706 bits per heavy atom. The van der Waals surface area contributed by atoms with E-state index in [0.29, 0.717) is 12.0 Å². The maximum Gasteiger partial charge on any atom is 0.200 e. The normalized spacial score (nSPS) is 10.4. The molecule has 4 nitrogen and oxygen atoms in total. The number of hydrogen-bond donors (Lipinski definition) is 4. The largest absolute Gasteiger partial charge is 0.508 e. The molecule has 0 unspecified atom stereocenters. The van der Waals surface area contributed by atoms with Crippen molar-refractivity contribution in [2.75, 3.05) is 0 Å². The van der Waals surface area contributed by atoms with Crippen molar-refractivity contribution in [3.05, 3.63) is 47.5 Å². The van der Waals surface area contributed by atoms with Gasteiger partial charge in [-0.25, -0.2) is 0 Å². The molecule has 0 fully saturated rings. The van der Waals surface area contributed by atoms with Gasteiger partial charge in [0.25, 0.3) is 0 Å². The minimum atomic E-state index is -0.513. The molecule has 0 saturated carbocycles. The highest BCUT2D eigenvalue weighted by atomic mass is 16.3. The van der Waals surface area contributed by atoms with E-state index >= 15 is 0 Å². The first-order valence-electron chi connectivity index (χ1n) is 5.08. The number of phenolic OH excluding ortho intramolecular Hbond substituents is 4. The molecule has 0 spiro atoms. The topological polar surface area (TPSA) is 80.9 Å². The highest BCUT2D eigenvalue weighted by Gasteiger charge is 2.11. The summed E-state index contributed by atoms with van der Waals surface area (Å²) in [6.45, 7) is 0. The van der Waals surface area contributed by atoms with Crippen molar-refractivity contribution in [3.8, 4) is 23.0 Å². The molecule has 88 valence electrons. The van der Waals surface area contributed by atoms with Crippen molar-refractivity contribution >= 4 is 0 Å². The minimum Gasteiger partial charge on any atom is -0.508 e. The molecule has 0 radical (unpaired) electrons. The van der Waals surface area contributed by atoms with E-state index in [4.69, 9.17) is 5.11 Å². The van der Waals surface area contributed by atoms with Gasteiger partial charge in [-0.2, -0.15) is 0 Å². The van der Waals surface area contributed by atoms with Gasteiger partial charge in [0, 0.05) is 12.0 Å². The highest BCUT2D eigenvalue weighted by molar-refractivity contribution is 5.54. The van der Waals surface area contributed by atoms with Crippen LogP contribution in [0.15, 0.2) is 36.4 Å². The first-order chi connectivity index (χ1) is 8.08. The molecule has 2 aromatic rings. The van der Waals surface area contributed by atoms with E-state index in [0.717, 1.165) is 5.56 Å². The summed E-state index contributed by atoms with van der Waals surface area (Å²) in [5.74, 6) is -1.01. The summed E-state index contributed by atoms with van der Waals surface area (Å²) in [6.07, 6.45) is 0.403. The summed E-state index contributed by atoms with van der Waals surface area (Å²) in [6, 6.07) is 9.40. The Labute approximate surface area is 98.0 Å². The van der Waals surface area contributed by atoms with Crippen LogP contribution in [-0.4, -0.2) is 20.4 Å². The minimum absolute atomic E-state index is 0.173. The van der Waals surface area contributed by atoms with E-state index in [9.17, 15) is 15.3 Å². The number of hydrogen-bond acceptors (Lipinski definition) is 4. The Balaban J connectivity index is 2.30. The van der Waals surface area contributed by atoms with Crippen LogP contribution in [0.3, 0.4) is 0 Å². The van der Waals surface area contributed by atoms with E-state index in [1.54, 1.807) is 24.3 Å². The van der Waals surface area contributed by atoms with Gasteiger partial charge in [-0.1, -0.05) is 18.2 Å². The van der Waals surface area contributed by atoms with Crippen molar-refractivity contribution < 1.29 is 20.4 Å². The van der Waals surface area contributed by atoms with Gasteiger partial charge in [0.15, 0.2) is 11.5 Å². The van der Waals surface area contributed by atoms with Gasteiger partial charge in [0.1, 0.15) is 5.75 Å². The van der Waals surface area contributed by atoms with Crippen molar-refractivity contribution in [1.29, 1.82) is 0 Å². The third kappa shape index (κ3) is 2.25. The maximum atomic E-state index is 9.63. The molecule has 0 heterocycles. The second-order valence-electron chi connectivity index (χ2n) is 3.78. The van der Waals surface area contributed by atoms with Crippen LogP contribution >= 0.6 is 0 Å². The summed E-state index contributed by atoms with van der Waals surface area (Å²) in [7, 11) is 0. The Bertz CT molecular complexity index is 532. The molecule has 2 rings (SSSR count). The molecule has 0 saturated heterocycles. The smallest absolute Gasteiger partial charge is 0.200 e. The molecule has 4 N–H and O–H groups in total. The summed E-state index contributed by atoms with van der Waals surface area (Å²) in [4.78, 5) is 0. The molecule has 0 aliphatic heterocycles. The van der Waals surface area contributed by atoms with Crippen LogP contribution in [0, 0.1) is 0 Å². The molecular weight excluding hydrogens is 220 g/mol. The maximum absolute atomic E-state index is 9.63. The van der Waals surface area contributed by atoms with Crippen LogP contribution in [-0.2, 0) is 6.42 Å². The van der Waals surface area contributed by atoms with E-state index < -0.39 is 5.75 Å². The molecule has 2 aromatic carbocycles. The van der Waals surface area contributed by atoms with Gasteiger partial charge < -0.3 is 20.4 Å². The van der Waals surface area contributed by atoms with E-state index in [2.05, 4.69) is 0 Å². The predicted molar refractivity (Wildman–Crippen MR) is 62.3 cm³/mol. The molecule has 0 aliphatic carbocycles. The lowest BCUT2D eigenvalue weighted by Gasteiger charge is -2.07. The molecule has 0 amide bonds. The zero-order valence-corrected chi connectivity index (χ0v) is 8.96. The SMILES string of the molecule is Oc1ccc(Cc2ccc(O)c(O)c2O)cc1. The summed E-state index contributed by atoms with van der Waals surface area (Å²) < 4.78 is 0. The van der Waals surface area contributed by atoms with Gasteiger partial charge >= 0.3 is 0 Å². The van der Waals surface area contributed by atoms with E-state index in [1.165, 1.54) is 12.1 Å². The van der Waals surface area contributed by atoms with Crippen LogP contribution in [0.5, 0.6) is 23.0 Å². The zero-order valence-electron chi connectivity index (χ0n) is 8.96. The Morgan fingerprint density at radius 3 is 2.00 bits per heavy atom. The lowest BCUT2D eigenvalue weighted by Crippen LogP contribution is -1.89. The number of aromatic hydroxyl groups is 4. The molecule has 0 aromatic heterocycles. The average molecular weight is 232 g/mol. The average Bonchev–Trinajstić information content (AvgIpc) is 2.33. The van der Waals surface area contributed by atoms with E-state index in [1.807, 2.05) is 0 Å². The Morgan fingerprint density at radius 2 is 1.35 bits per heavy atom. The Kier molecular flexibility index (Phi) is 2.78. The van der Waals surface area contributed by atoms with Gasteiger partial charge in [-0.15, -0.1) is 0 Å². The van der Waals surface area contributed by atoms with Crippen molar-refractivity contribution in [2.24, 2.45) is 0 Å². The van der Waals surface area contributed by atoms with Crippen LogP contribution < -0.4 is 0 Å². The first-order valence-corrected chi connectivity index (χ1v) is 5.08. The summed E-state index contributed by atoms with van der Waals surface area (Å²) in [5.41, 5.74) is 1.38. The molecule has 17 heavy (non-hydrogen) atoms. The predicted octanol–water partition coefficient (Wildman–Crippen LogP) is 2.10. The second kappa shape index (κ2) is 4.25. The highest BCUT2D eigenvalue weighted by Crippen LogP contribution is 2.37. The van der Waals surface area contributed by atoms with Crippen molar-refractivity contribution in [2.45, 2.75) is 6.42 Å². The lowest BCUT2D eigenvalue weighted by molar-refractivity contribution is 0.365. The lowest BCUT2D eigenvalue weighted by atomic mass is 10.0. The summed E-state index contributed by atoms with van der Waals surface area (Å²) >= 11 is 0. The van der Waals surface area contributed by atoms with Gasteiger partial charge in [0.05, 0.1) is 0 Å². The Hall–Kier alpha value is -2.36. The first kappa shape index (κ1) is 11.1. The standard InChI is InChI=1S/C13H12O4/c14-10-4-1-8(2-5-10)7-9-3-6-11(15)13(17)12(9)16/h1-6,14-17H,7H2. The number of benzene rings is 2. The summed E-state index contributed by atoms with van der Waals surface area (Å²) in [5, 5.41) is 37.3. The van der Waals surface area contributed by atoms with Crippen LogP contribution in [0.25, 0.3) is 0 Å². The third-order valence-corrected chi connectivity index (χ3v) is 2.54. The molecule has 0 bridgehead atoms. The number of phenols is 4. The molecule has 0 atom stereocenters. The van der Waals surface area contributed by atoms with Gasteiger partial charge in [-0.05, 0) is 23.8 Å². The fraction of sp³-hybridized carbons (Fsp3) is 0.0769. The molecule has 4 heteroatoms. The molecule has 0 aliphatic rings. The van der Waals surface area contributed by atoms with Crippen LogP contribution in [0.2, 0.25) is 0 Å². The zero-order chi connectivity index (χ0) is 12.4. The second-order valence-corrected chi connectivity index (χ2v) is 3.78. The third-order valence-electron chi connectivity index (χ3n) is 2.54. The number of rotatable bonds is 2. The molecular formula is C13H12O4. The van der Waals surface area contributed by atoms with Gasteiger partial charge in [-0.3, -0.25) is 0 Å². The van der Waals surface area contributed by atoms with Crippen molar-refractivity contribution in [1.82, 2.24) is 0 Å². The fourth-order valence-corrected chi connectivity index (χ4v) is 1.59. The van der Waals surface area contributed by atoms with E-state index in [-0.39, 0.29) is 17.2 Å². The monoisotopic (exact) mass is 232 g/mol. The van der Waals surface area contributed by atoms with Crippen molar-refractivity contribution in [3.63, 3.8) is 0 Å². The quantitative estimate of drug-likeness (QED) is 0.598. The van der Waals surface area contributed by atoms with Gasteiger partial charge in [0.2, 0.25) is 5.75 Å². The van der Waals surface area contributed by atoms with Crippen LogP contribution in [0.1, 0.15) is 11.1 Å². The fourth-order valence-electron chi connectivity index (χ4n) is 1.59.